The maximum atomic E-state index is 12.7. The van der Waals surface area contributed by atoms with Crippen molar-refractivity contribution in [2.24, 2.45) is 5.92 Å². The van der Waals surface area contributed by atoms with Crippen molar-refractivity contribution in [3.63, 3.8) is 0 Å². The van der Waals surface area contributed by atoms with Crippen LogP contribution in [0.1, 0.15) is 48.2 Å². The van der Waals surface area contributed by atoms with Crippen LogP contribution < -0.4 is 0 Å². The number of esters is 1. The Hall–Kier alpha value is -2.48. The zero-order valence-corrected chi connectivity index (χ0v) is 16.3. The quantitative estimate of drug-likeness (QED) is 0.435. The summed E-state index contributed by atoms with van der Waals surface area (Å²) in [5.41, 5.74) is -0.0208. The number of carbonyl (C=O) groups is 2. The summed E-state index contributed by atoms with van der Waals surface area (Å²) in [4.78, 5) is 37.7. The van der Waals surface area contributed by atoms with E-state index in [1.54, 1.807) is 12.1 Å². The van der Waals surface area contributed by atoms with E-state index in [-0.39, 0.29) is 18.2 Å². The highest BCUT2D eigenvalue weighted by Gasteiger charge is 2.35. The van der Waals surface area contributed by atoms with Crippen LogP contribution in [0.25, 0.3) is 10.1 Å². The molecular weight excluding hydrogens is 380 g/mol. The summed E-state index contributed by atoms with van der Waals surface area (Å²) >= 11 is 1.21. The molecule has 2 heterocycles. The van der Waals surface area contributed by atoms with Gasteiger partial charge in [0.25, 0.3) is 11.6 Å². The largest absolute Gasteiger partial charge is 0.451 e. The zero-order chi connectivity index (χ0) is 19.7. The smallest absolute Gasteiger partial charge is 0.348 e. The molecule has 1 aliphatic heterocycles. The maximum Gasteiger partial charge on any atom is 0.348 e. The number of likely N-dealkylation sites (tertiary alicyclic amines) is 1. The SMILES string of the molecule is O=C(OCC(=O)N1CCC[C@H]2CCCC[C@H]21)c1cc2cc([N+](=O)[O-])ccc2s1. The number of nitro groups is 1. The zero-order valence-electron chi connectivity index (χ0n) is 15.5. The highest BCUT2D eigenvalue weighted by atomic mass is 32.1. The second kappa shape index (κ2) is 7.87. The average Bonchev–Trinajstić information content (AvgIpc) is 3.14. The fourth-order valence-electron chi connectivity index (χ4n) is 4.46. The number of ether oxygens (including phenoxy) is 1. The number of non-ortho nitro benzene ring substituents is 1. The molecule has 1 saturated carbocycles. The molecule has 0 spiro atoms. The highest BCUT2D eigenvalue weighted by molar-refractivity contribution is 7.20. The van der Waals surface area contributed by atoms with Gasteiger partial charge in [0.15, 0.2) is 6.61 Å². The molecule has 28 heavy (non-hydrogen) atoms. The molecule has 0 N–H and O–H groups in total. The number of fused-ring (bicyclic) bond motifs is 2. The third kappa shape index (κ3) is 3.73. The topological polar surface area (TPSA) is 89.8 Å². The van der Waals surface area contributed by atoms with Crippen molar-refractivity contribution in [2.75, 3.05) is 13.2 Å². The average molecular weight is 402 g/mol. The van der Waals surface area contributed by atoms with Gasteiger partial charge in [0.05, 0.1) is 4.92 Å². The van der Waals surface area contributed by atoms with Gasteiger partial charge >= 0.3 is 5.97 Å². The monoisotopic (exact) mass is 402 g/mol. The van der Waals surface area contributed by atoms with Gasteiger partial charge in [0.2, 0.25) is 0 Å². The molecule has 2 fully saturated rings. The number of piperidine rings is 1. The number of benzene rings is 1. The van der Waals surface area contributed by atoms with Gasteiger partial charge in [0.1, 0.15) is 4.88 Å². The van der Waals surface area contributed by atoms with Crippen molar-refractivity contribution >= 4 is 39.0 Å². The molecule has 2 aromatic rings. The molecule has 2 atom stereocenters. The molecule has 148 valence electrons. The summed E-state index contributed by atoms with van der Waals surface area (Å²) < 4.78 is 6.04. The third-order valence-electron chi connectivity index (χ3n) is 5.80. The lowest BCUT2D eigenvalue weighted by molar-refractivity contribution is -0.384. The molecule has 2 aliphatic rings. The Kier molecular flexibility index (Phi) is 5.30. The Morgan fingerprint density at radius 2 is 1.96 bits per heavy atom. The van der Waals surface area contributed by atoms with Crippen LogP contribution in [0.3, 0.4) is 0 Å². The second-order valence-electron chi connectivity index (χ2n) is 7.51. The van der Waals surface area contributed by atoms with Crippen molar-refractivity contribution in [3.8, 4) is 0 Å². The predicted molar refractivity (Wildman–Crippen MR) is 105 cm³/mol. The Morgan fingerprint density at radius 1 is 1.18 bits per heavy atom. The van der Waals surface area contributed by atoms with E-state index in [1.165, 1.54) is 42.7 Å². The van der Waals surface area contributed by atoms with E-state index in [4.69, 9.17) is 4.74 Å². The van der Waals surface area contributed by atoms with Crippen molar-refractivity contribution in [1.82, 2.24) is 4.90 Å². The number of hydrogen-bond donors (Lipinski definition) is 0. The minimum Gasteiger partial charge on any atom is -0.451 e. The molecule has 8 heteroatoms. The molecule has 0 bridgehead atoms. The van der Waals surface area contributed by atoms with Crippen molar-refractivity contribution in [3.05, 3.63) is 39.3 Å². The van der Waals surface area contributed by atoms with Crippen molar-refractivity contribution < 1.29 is 19.2 Å². The van der Waals surface area contributed by atoms with Gasteiger partial charge in [-0.2, -0.15) is 0 Å². The van der Waals surface area contributed by atoms with Gasteiger partial charge < -0.3 is 9.64 Å². The van der Waals surface area contributed by atoms with E-state index in [0.717, 1.165) is 30.5 Å². The number of nitrogens with zero attached hydrogens (tertiary/aromatic N) is 2. The van der Waals surface area contributed by atoms with Crippen LogP contribution in [0, 0.1) is 16.0 Å². The first-order chi connectivity index (χ1) is 13.5. The van der Waals surface area contributed by atoms with Gasteiger partial charge in [-0.1, -0.05) is 12.8 Å². The van der Waals surface area contributed by atoms with E-state index in [9.17, 15) is 19.7 Å². The molecule has 0 unspecified atom stereocenters. The number of carbonyl (C=O) groups excluding carboxylic acids is 2. The number of amides is 1. The van der Waals surface area contributed by atoms with Crippen LogP contribution in [0.4, 0.5) is 5.69 Å². The van der Waals surface area contributed by atoms with Crippen molar-refractivity contribution in [2.45, 2.75) is 44.6 Å². The lowest BCUT2D eigenvalue weighted by Gasteiger charge is -2.44. The molecular formula is C20H22N2O5S. The van der Waals surface area contributed by atoms with Crippen molar-refractivity contribution in [1.29, 1.82) is 0 Å². The van der Waals surface area contributed by atoms with E-state index < -0.39 is 10.9 Å². The van der Waals surface area contributed by atoms with Crippen LogP contribution in [-0.2, 0) is 9.53 Å². The summed E-state index contributed by atoms with van der Waals surface area (Å²) in [5, 5.41) is 11.5. The molecule has 7 nitrogen and oxygen atoms in total. The van der Waals surface area contributed by atoms with Crippen LogP contribution in [-0.4, -0.2) is 40.9 Å². The normalized spacial score (nSPS) is 21.9. The van der Waals surface area contributed by atoms with E-state index in [2.05, 4.69) is 0 Å². The highest BCUT2D eigenvalue weighted by Crippen LogP contribution is 2.35. The first-order valence-corrected chi connectivity index (χ1v) is 10.5. The second-order valence-corrected chi connectivity index (χ2v) is 8.59. The Labute approximate surface area is 166 Å². The van der Waals surface area contributed by atoms with Crippen LogP contribution in [0.2, 0.25) is 0 Å². The van der Waals surface area contributed by atoms with Crippen LogP contribution >= 0.6 is 11.3 Å². The Balaban J connectivity index is 1.40. The van der Waals surface area contributed by atoms with Gasteiger partial charge in [-0.3, -0.25) is 14.9 Å². The standard InChI is InChI=1S/C20H22N2O5S/c23-19(21-9-3-5-13-4-1-2-6-16(13)21)12-27-20(24)18-11-14-10-15(22(25)26)7-8-17(14)28-18/h7-8,10-11,13,16H,1-6,9,12H2/t13-,16-/m1/s1. The summed E-state index contributed by atoms with van der Waals surface area (Å²) in [6.07, 6.45) is 6.81. The number of hydrogen-bond acceptors (Lipinski definition) is 6. The van der Waals surface area contributed by atoms with E-state index >= 15 is 0 Å². The number of thiophene rings is 1. The summed E-state index contributed by atoms with van der Waals surface area (Å²) in [6.45, 7) is 0.487. The lowest BCUT2D eigenvalue weighted by Crippen LogP contribution is -2.50. The minimum atomic E-state index is -0.561. The molecule has 4 rings (SSSR count). The van der Waals surface area contributed by atoms with E-state index in [0.29, 0.717) is 22.2 Å². The maximum absolute atomic E-state index is 12.7. The lowest BCUT2D eigenvalue weighted by atomic mass is 9.78. The summed E-state index contributed by atoms with van der Waals surface area (Å²) in [5.74, 6) is -0.100. The molecule has 1 aliphatic carbocycles. The van der Waals surface area contributed by atoms with Crippen LogP contribution in [0.15, 0.2) is 24.3 Å². The molecule has 0 radical (unpaired) electrons. The Bertz CT molecular complexity index is 922. The fourth-order valence-corrected chi connectivity index (χ4v) is 5.40. The summed E-state index contributed by atoms with van der Waals surface area (Å²) in [6, 6.07) is 6.34. The number of rotatable bonds is 4. The molecule has 1 saturated heterocycles. The molecule has 1 aromatic carbocycles. The van der Waals surface area contributed by atoms with Gasteiger partial charge in [-0.05, 0) is 43.7 Å². The Morgan fingerprint density at radius 3 is 2.79 bits per heavy atom. The van der Waals surface area contributed by atoms with E-state index in [1.807, 2.05) is 4.90 Å². The number of nitro benzene ring substituents is 1. The minimum absolute atomic E-state index is 0.0208. The first kappa shape index (κ1) is 18.9. The third-order valence-corrected chi connectivity index (χ3v) is 6.90. The van der Waals surface area contributed by atoms with Gasteiger partial charge in [-0.25, -0.2) is 4.79 Å². The molecule has 1 amide bonds. The van der Waals surface area contributed by atoms with Crippen LogP contribution in [0.5, 0.6) is 0 Å². The summed E-state index contributed by atoms with van der Waals surface area (Å²) in [7, 11) is 0. The van der Waals surface area contributed by atoms with Gasteiger partial charge in [-0.15, -0.1) is 11.3 Å². The van der Waals surface area contributed by atoms with Gasteiger partial charge in [0, 0.05) is 34.8 Å². The first-order valence-electron chi connectivity index (χ1n) is 9.67. The molecule has 1 aromatic heterocycles. The fraction of sp³-hybridized carbons (Fsp3) is 0.500. The predicted octanol–water partition coefficient (Wildman–Crippen LogP) is 4.15.